The second-order valence-electron chi connectivity index (χ2n) is 6.77. The molecule has 0 spiro atoms. The molecule has 136 valence electrons. The van der Waals surface area contributed by atoms with E-state index in [0.717, 1.165) is 34.1 Å². The maximum absolute atomic E-state index is 6.25. The largest absolute Gasteiger partial charge is 0.378 e. The lowest BCUT2D eigenvalue weighted by Crippen LogP contribution is -2.08. The predicted octanol–water partition coefficient (Wildman–Crippen LogP) is 5.77. The number of fused-ring (bicyclic) bond motifs is 1. The first-order chi connectivity index (χ1) is 13.0. The molecule has 0 saturated carbocycles. The third-order valence-corrected chi connectivity index (χ3v) is 4.86. The second-order valence-corrected chi connectivity index (χ2v) is 7.20. The molecule has 5 heteroatoms. The van der Waals surface area contributed by atoms with Crippen molar-refractivity contribution in [2.75, 3.05) is 24.3 Å². The van der Waals surface area contributed by atoms with Crippen LogP contribution in [0.4, 0.5) is 17.2 Å². The molecule has 4 nitrogen and oxygen atoms in total. The summed E-state index contributed by atoms with van der Waals surface area (Å²) < 4.78 is 2.00. The summed E-state index contributed by atoms with van der Waals surface area (Å²) in [5.41, 5.74) is 6.16. The lowest BCUT2D eigenvalue weighted by Gasteiger charge is -2.14. The number of hydrogen-bond donors (Lipinski definition) is 1. The molecule has 2 heterocycles. The van der Waals surface area contributed by atoms with E-state index in [-0.39, 0.29) is 0 Å². The number of para-hydroxylation sites is 1. The summed E-state index contributed by atoms with van der Waals surface area (Å²) >= 11 is 6.25. The summed E-state index contributed by atoms with van der Waals surface area (Å²) in [6, 6.07) is 20.4. The Bertz CT molecular complexity index is 1100. The Labute approximate surface area is 164 Å². The molecular formula is C22H21ClN4. The molecule has 27 heavy (non-hydrogen) atoms. The number of nitrogens with zero attached hydrogens (tertiary/aromatic N) is 3. The van der Waals surface area contributed by atoms with Gasteiger partial charge in [-0.15, -0.1) is 0 Å². The Morgan fingerprint density at radius 2 is 1.70 bits per heavy atom. The molecule has 2 aromatic heterocycles. The van der Waals surface area contributed by atoms with Crippen molar-refractivity contribution in [1.82, 2.24) is 9.38 Å². The first-order valence-electron chi connectivity index (χ1n) is 8.81. The third kappa shape index (κ3) is 3.36. The molecular weight excluding hydrogens is 356 g/mol. The number of rotatable bonds is 4. The number of nitrogens with one attached hydrogen (secondary N) is 1. The van der Waals surface area contributed by atoms with Gasteiger partial charge in [0.2, 0.25) is 0 Å². The third-order valence-electron chi connectivity index (χ3n) is 4.64. The van der Waals surface area contributed by atoms with Crippen LogP contribution in [-0.2, 0) is 0 Å². The normalized spacial score (nSPS) is 11.0. The number of aryl methyl sites for hydroxylation is 1. The number of benzene rings is 2. The maximum atomic E-state index is 6.25. The van der Waals surface area contributed by atoms with E-state index in [1.165, 1.54) is 5.56 Å². The van der Waals surface area contributed by atoms with E-state index >= 15 is 0 Å². The highest BCUT2D eigenvalue weighted by Gasteiger charge is 2.15. The van der Waals surface area contributed by atoms with Crippen LogP contribution in [0.15, 0.2) is 66.9 Å². The Balaban J connectivity index is 1.88. The highest BCUT2D eigenvalue weighted by atomic mass is 35.5. The number of pyridine rings is 1. The van der Waals surface area contributed by atoms with Crippen molar-refractivity contribution in [3.63, 3.8) is 0 Å². The van der Waals surface area contributed by atoms with E-state index in [1.54, 1.807) is 0 Å². The van der Waals surface area contributed by atoms with Gasteiger partial charge in [-0.25, -0.2) is 4.98 Å². The van der Waals surface area contributed by atoms with Gasteiger partial charge in [-0.1, -0.05) is 41.9 Å². The van der Waals surface area contributed by atoms with Gasteiger partial charge in [-0.05, 0) is 42.8 Å². The quantitative estimate of drug-likeness (QED) is 0.490. The zero-order valence-corrected chi connectivity index (χ0v) is 16.3. The average molecular weight is 377 g/mol. The number of hydrogen-bond acceptors (Lipinski definition) is 3. The molecule has 0 atom stereocenters. The Morgan fingerprint density at radius 1 is 0.963 bits per heavy atom. The predicted molar refractivity (Wildman–Crippen MR) is 114 cm³/mol. The molecule has 0 aliphatic carbocycles. The average Bonchev–Trinajstić information content (AvgIpc) is 3.01. The Morgan fingerprint density at radius 3 is 2.41 bits per heavy atom. The van der Waals surface area contributed by atoms with Gasteiger partial charge >= 0.3 is 0 Å². The molecule has 0 aliphatic rings. The fraction of sp³-hybridized carbons (Fsp3) is 0.136. The lowest BCUT2D eigenvalue weighted by atomic mass is 10.1. The van der Waals surface area contributed by atoms with Gasteiger partial charge in [-0.3, -0.25) is 4.40 Å². The summed E-state index contributed by atoms with van der Waals surface area (Å²) in [7, 11) is 4.07. The van der Waals surface area contributed by atoms with Crippen molar-refractivity contribution in [3.05, 3.63) is 77.4 Å². The molecule has 0 radical (unpaired) electrons. The molecule has 4 aromatic rings. The zero-order chi connectivity index (χ0) is 19.0. The van der Waals surface area contributed by atoms with Gasteiger partial charge in [0.05, 0.1) is 5.02 Å². The van der Waals surface area contributed by atoms with Crippen LogP contribution in [0.5, 0.6) is 0 Å². The lowest BCUT2D eigenvalue weighted by molar-refractivity contribution is 1.13. The first-order valence-corrected chi connectivity index (χ1v) is 9.19. The second kappa shape index (κ2) is 6.97. The van der Waals surface area contributed by atoms with Gasteiger partial charge < -0.3 is 10.2 Å². The molecule has 0 saturated heterocycles. The fourth-order valence-electron chi connectivity index (χ4n) is 3.10. The Hall–Kier alpha value is -2.98. The summed E-state index contributed by atoms with van der Waals surface area (Å²) in [6.45, 7) is 2.09. The minimum atomic E-state index is 0.669. The van der Waals surface area contributed by atoms with Crippen LogP contribution in [-0.4, -0.2) is 23.5 Å². The monoisotopic (exact) mass is 376 g/mol. The van der Waals surface area contributed by atoms with Crippen LogP contribution >= 0.6 is 11.6 Å². The number of imidazole rings is 1. The highest BCUT2D eigenvalue weighted by molar-refractivity contribution is 6.30. The van der Waals surface area contributed by atoms with Crippen LogP contribution in [0.3, 0.4) is 0 Å². The molecule has 2 aromatic carbocycles. The molecule has 4 rings (SSSR count). The van der Waals surface area contributed by atoms with Crippen LogP contribution in [0, 0.1) is 6.92 Å². The van der Waals surface area contributed by atoms with E-state index in [2.05, 4.69) is 53.5 Å². The molecule has 0 amide bonds. The molecule has 1 N–H and O–H groups in total. The van der Waals surface area contributed by atoms with Crippen LogP contribution in [0.1, 0.15) is 5.56 Å². The molecule has 0 bridgehead atoms. The van der Waals surface area contributed by atoms with Crippen molar-refractivity contribution in [2.45, 2.75) is 6.92 Å². The molecule has 0 fully saturated rings. The Kier molecular flexibility index (Phi) is 4.50. The van der Waals surface area contributed by atoms with Gasteiger partial charge in [0, 0.05) is 37.2 Å². The molecule has 0 unspecified atom stereocenters. The van der Waals surface area contributed by atoms with Crippen LogP contribution in [0.2, 0.25) is 5.02 Å². The van der Waals surface area contributed by atoms with E-state index in [0.29, 0.717) is 5.02 Å². The summed E-state index contributed by atoms with van der Waals surface area (Å²) in [6.07, 6.45) is 1.89. The zero-order valence-electron chi connectivity index (χ0n) is 15.6. The summed E-state index contributed by atoms with van der Waals surface area (Å²) in [5.74, 6) is 0.902. The van der Waals surface area contributed by atoms with Crippen molar-refractivity contribution in [3.8, 4) is 11.3 Å². The van der Waals surface area contributed by atoms with Gasteiger partial charge in [0.1, 0.15) is 17.2 Å². The molecule has 0 aliphatic heterocycles. The van der Waals surface area contributed by atoms with Crippen LogP contribution < -0.4 is 10.2 Å². The maximum Gasteiger partial charge on any atom is 0.143 e. The summed E-state index contributed by atoms with van der Waals surface area (Å²) in [5, 5.41) is 4.23. The van der Waals surface area contributed by atoms with Gasteiger partial charge in [0.25, 0.3) is 0 Å². The van der Waals surface area contributed by atoms with Crippen molar-refractivity contribution < 1.29 is 0 Å². The van der Waals surface area contributed by atoms with Crippen molar-refractivity contribution in [2.24, 2.45) is 0 Å². The highest BCUT2D eigenvalue weighted by Crippen LogP contribution is 2.33. The minimum absolute atomic E-state index is 0.669. The van der Waals surface area contributed by atoms with Crippen molar-refractivity contribution in [1.29, 1.82) is 0 Å². The van der Waals surface area contributed by atoms with Crippen LogP contribution in [0.25, 0.3) is 16.9 Å². The number of aromatic nitrogens is 2. The van der Waals surface area contributed by atoms with Crippen molar-refractivity contribution >= 4 is 34.4 Å². The van der Waals surface area contributed by atoms with E-state index < -0.39 is 0 Å². The number of anilines is 3. The van der Waals surface area contributed by atoms with Gasteiger partial charge in [0.15, 0.2) is 0 Å². The topological polar surface area (TPSA) is 32.6 Å². The van der Waals surface area contributed by atoms with E-state index in [9.17, 15) is 0 Å². The van der Waals surface area contributed by atoms with Gasteiger partial charge in [-0.2, -0.15) is 0 Å². The fourth-order valence-corrected chi connectivity index (χ4v) is 3.26. The number of halogens is 1. The summed E-state index contributed by atoms with van der Waals surface area (Å²) in [4.78, 5) is 6.94. The van der Waals surface area contributed by atoms with E-state index in [1.807, 2.05) is 49.0 Å². The standard InChI is InChI=1S/C22H21ClN4/c1-15-6-4-5-7-19(15)24-22-21(16-8-11-18(12-9-16)26(2)3)25-20-13-10-17(23)14-27(20)22/h4-14,24H,1-3H3. The minimum Gasteiger partial charge on any atom is -0.378 e. The van der Waals surface area contributed by atoms with E-state index in [4.69, 9.17) is 16.6 Å². The smallest absolute Gasteiger partial charge is 0.143 e. The SMILES string of the molecule is Cc1ccccc1Nc1c(-c2ccc(N(C)C)cc2)nc2ccc(Cl)cn12. The first kappa shape index (κ1) is 17.4.